The average Bonchev–Trinajstić information content (AvgIpc) is 2.28. The molecule has 0 unspecified atom stereocenters. The lowest BCUT2D eigenvalue weighted by molar-refractivity contribution is -0.0493. The molecule has 1 heterocycles. The molecule has 0 atom stereocenters. The lowest BCUT2D eigenvalue weighted by Crippen LogP contribution is -2.45. The fourth-order valence-electron chi connectivity index (χ4n) is 2.06. The van der Waals surface area contributed by atoms with E-state index >= 15 is 0 Å². The highest BCUT2D eigenvalue weighted by molar-refractivity contribution is 7.90. The summed E-state index contributed by atoms with van der Waals surface area (Å²) in [7, 11) is -5.19. The maximum absolute atomic E-state index is 12.5. The number of piperidine rings is 1. The lowest BCUT2D eigenvalue weighted by atomic mass is 9.98. The molecule has 0 aromatic rings. The Morgan fingerprint density at radius 2 is 1.83 bits per heavy atom. The summed E-state index contributed by atoms with van der Waals surface area (Å²) in [6.45, 7) is 3.03. The highest BCUT2D eigenvalue weighted by Crippen LogP contribution is 2.28. The number of halogens is 3. The topological polar surface area (TPSA) is 49.4 Å². The molecule has 1 aliphatic heterocycles. The molecule has 0 amide bonds. The molecule has 1 rings (SSSR count). The molecule has 4 nitrogen and oxygen atoms in total. The Morgan fingerprint density at radius 3 is 2.28 bits per heavy atom. The highest BCUT2D eigenvalue weighted by Gasteiger charge is 2.49. The molecule has 0 bridgehead atoms. The molecule has 1 saturated heterocycles. The maximum Gasteiger partial charge on any atom is 0.511 e. The second-order valence-electron chi connectivity index (χ2n) is 4.50. The molecule has 1 fully saturated rings. The van der Waals surface area contributed by atoms with E-state index in [9.17, 15) is 21.6 Å². The average molecular weight is 288 g/mol. The van der Waals surface area contributed by atoms with E-state index in [-0.39, 0.29) is 19.0 Å². The zero-order chi connectivity index (χ0) is 13.8. The van der Waals surface area contributed by atoms with Crippen molar-refractivity contribution in [3.05, 3.63) is 0 Å². The molecule has 0 aromatic heterocycles. The van der Waals surface area contributed by atoms with Crippen LogP contribution in [0, 0.1) is 5.92 Å². The smallest absolute Gasteiger partial charge is 0.317 e. The number of hydrogen-bond acceptors (Lipinski definition) is 3. The molecule has 1 aliphatic rings. The maximum atomic E-state index is 12.5. The first-order valence-electron chi connectivity index (χ1n) is 6.06. The van der Waals surface area contributed by atoms with Crippen molar-refractivity contribution in [1.82, 2.24) is 9.62 Å². The predicted molar refractivity (Wildman–Crippen MR) is 62.4 cm³/mol. The van der Waals surface area contributed by atoms with Gasteiger partial charge in [-0.05, 0) is 38.3 Å². The molecule has 108 valence electrons. The third-order valence-electron chi connectivity index (χ3n) is 3.03. The second kappa shape index (κ2) is 6.21. The summed E-state index contributed by atoms with van der Waals surface area (Å²) in [5, 5.41) is 3.10. The van der Waals surface area contributed by atoms with Crippen LogP contribution in [0.5, 0.6) is 0 Å². The van der Waals surface area contributed by atoms with E-state index in [1.807, 2.05) is 0 Å². The first-order chi connectivity index (χ1) is 8.29. The third kappa shape index (κ3) is 3.83. The number of rotatable bonds is 5. The quantitative estimate of drug-likeness (QED) is 0.835. The minimum atomic E-state index is -5.20. The van der Waals surface area contributed by atoms with Gasteiger partial charge in [0, 0.05) is 13.1 Å². The molecule has 0 radical (unpaired) electrons. The van der Waals surface area contributed by atoms with Crippen LogP contribution in [-0.2, 0) is 10.0 Å². The van der Waals surface area contributed by atoms with Gasteiger partial charge in [0.15, 0.2) is 0 Å². The van der Waals surface area contributed by atoms with Crippen molar-refractivity contribution in [3.8, 4) is 0 Å². The fourth-order valence-corrected chi connectivity index (χ4v) is 3.18. The van der Waals surface area contributed by atoms with Gasteiger partial charge >= 0.3 is 15.5 Å². The van der Waals surface area contributed by atoms with Gasteiger partial charge in [-0.1, -0.05) is 6.92 Å². The van der Waals surface area contributed by atoms with Gasteiger partial charge in [-0.15, -0.1) is 0 Å². The molecule has 1 N–H and O–H groups in total. The van der Waals surface area contributed by atoms with Crippen molar-refractivity contribution in [1.29, 1.82) is 0 Å². The Labute approximate surface area is 106 Å². The minimum Gasteiger partial charge on any atom is -0.317 e. The number of sulfonamides is 1. The molecule has 0 saturated carbocycles. The van der Waals surface area contributed by atoms with E-state index < -0.39 is 15.5 Å². The second-order valence-corrected chi connectivity index (χ2v) is 6.43. The largest absolute Gasteiger partial charge is 0.511 e. The molecule has 8 heteroatoms. The van der Waals surface area contributed by atoms with Crippen LogP contribution in [-0.4, -0.2) is 44.4 Å². The first-order valence-corrected chi connectivity index (χ1v) is 7.50. The van der Waals surface area contributed by atoms with Crippen molar-refractivity contribution in [2.24, 2.45) is 5.92 Å². The van der Waals surface area contributed by atoms with Crippen molar-refractivity contribution in [2.75, 3.05) is 26.2 Å². The van der Waals surface area contributed by atoms with E-state index in [0.29, 0.717) is 23.6 Å². The first kappa shape index (κ1) is 15.7. The van der Waals surface area contributed by atoms with Crippen molar-refractivity contribution in [2.45, 2.75) is 31.7 Å². The number of hydrogen-bond donors (Lipinski definition) is 1. The monoisotopic (exact) mass is 288 g/mol. The van der Waals surface area contributed by atoms with E-state index in [2.05, 4.69) is 5.32 Å². The Bertz CT molecular complexity index is 351. The van der Waals surface area contributed by atoms with Crippen LogP contribution in [0.4, 0.5) is 13.2 Å². The predicted octanol–water partition coefficient (Wildman–Crippen LogP) is 1.55. The fraction of sp³-hybridized carbons (Fsp3) is 1.00. The summed E-state index contributed by atoms with van der Waals surface area (Å²) >= 11 is 0. The standard InChI is InChI=1S/C10H19F3N2O2S/c1-2-7-15(18(16,17)10(11,12)13)8-9-3-5-14-6-4-9/h9,14H,2-8H2,1H3. The Balaban J connectivity index is 2.75. The van der Waals surface area contributed by atoms with Gasteiger partial charge in [-0.2, -0.15) is 17.5 Å². The normalized spacial score (nSPS) is 19.4. The summed E-state index contributed by atoms with van der Waals surface area (Å²) in [6.07, 6.45) is 1.81. The Kier molecular flexibility index (Phi) is 5.42. The van der Waals surface area contributed by atoms with Crippen molar-refractivity contribution >= 4 is 10.0 Å². The lowest BCUT2D eigenvalue weighted by Gasteiger charge is -2.29. The number of nitrogens with one attached hydrogen (secondary N) is 1. The van der Waals surface area contributed by atoms with Crippen LogP contribution < -0.4 is 5.32 Å². The summed E-state index contributed by atoms with van der Waals surface area (Å²) in [4.78, 5) is 0. The van der Waals surface area contributed by atoms with E-state index in [1.54, 1.807) is 6.92 Å². The molecular weight excluding hydrogens is 269 g/mol. The van der Waals surface area contributed by atoms with Gasteiger partial charge < -0.3 is 5.32 Å². The van der Waals surface area contributed by atoms with Gasteiger partial charge in [-0.3, -0.25) is 0 Å². The number of alkyl halides is 3. The summed E-state index contributed by atoms with van der Waals surface area (Å²) in [6, 6.07) is 0. The molecular formula is C10H19F3N2O2S. The zero-order valence-corrected chi connectivity index (χ0v) is 11.1. The van der Waals surface area contributed by atoms with Crippen LogP contribution in [0.15, 0.2) is 0 Å². The summed E-state index contributed by atoms with van der Waals surface area (Å²) < 4.78 is 60.9. The molecule has 0 aromatic carbocycles. The Hall–Kier alpha value is -0.340. The summed E-state index contributed by atoms with van der Waals surface area (Å²) in [5.74, 6) is 0.00919. The van der Waals surface area contributed by atoms with Gasteiger partial charge in [-0.25, -0.2) is 8.42 Å². The van der Waals surface area contributed by atoms with Crippen LogP contribution in [0.25, 0.3) is 0 Å². The van der Waals surface area contributed by atoms with Crippen LogP contribution in [0.2, 0.25) is 0 Å². The van der Waals surface area contributed by atoms with Gasteiger partial charge in [0.1, 0.15) is 0 Å². The van der Waals surface area contributed by atoms with Gasteiger partial charge in [0.2, 0.25) is 0 Å². The SMILES string of the molecule is CCCN(CC1CCNCC1)S(=O)(=O)C(F)(F)F. The van der Waals surface area contributed by atoms with Crippen LogP contribution >= 0.6 is 0 Å². The van der Waals surface area contributed by atoms with Crippen molar-refractivity contribution < 1.29 is 21.6 Å². The van der Waals surface area contributed by atoms with Crippen LogP contribution in [0.1, 0.15) is 26.2 Å². The van der Waals surface area contributed by atoms with Gasteiger partial charge in [0.05, 0.1) is 0 Å². The van der Waals surface area contributed by atoms with E-state index in [1.165, 1.54) is 0 Å². The zero-order valence-electron chi connectivity index (χ0n) is 10.3. The molecule has 18 heavy (non-hydrogen) atoms. The third-order valence-corrected chi connectivity index (χ3v) is 4.62. The van der Waals surface area contributed by atoms with Crippen LogP contribution in [0.3, 0.4) is 0 Å². The van der Waals surface area contributed by atoms with Gasteiger partial charge in [0.25, 0.3) is 0 Å². The van der Waals surface area contributed by atoms with Crippen molar-refractivity contribution in [3.63, 3.8) is 0 Å². The summed E-state index contributed by atoms with van der Waals surface area (Å²) in [5.41, 5.74) is -5.20. The van der Waals surface area contributed by atoms with E-state index in [0.717, 1.165) is 13.1 Å². The Morgan fingerprint density at radius 1 is 1.28 bits per heavy atom. The molecule has 0 aliphatic carbocycles. The van der Waals surface area contributed by atoms with E-state index in [4.69, 9.17) is 0 Å². The number of nitrogens with zero attached hydrogens (tertiary/aromatic N) is 1. The highest BCUT2D eigenvalue weighted by atomic mass is 32.2. The minimum absolute atomic E-state index is 0.00919. The molecule has 0 spiro atoms.